The molecule has 2 aromatic rings. The van der Waals surface area contributed by atoms with Gasteiger partial charge < -0.3 is 14.8 Å². The minimum Gasteiger partial charge on any atom is -0.493 e. The molecule has 130 valence electrons. The van der Waals surface area contributed by atoms with Gasteiger partial charge in [-0.1, -0.05) is 29.3 Å². The van der Waals surface area contributed by atoms with Crippen LogP contribution in [0.4, 0.5) is 5.69 Å². The highest BCUT2D eigenvalue weighted by molar-refractivity contribution is 6.37. The average Bonchev–Trinajstić information content (AvgIpc) is 2.84. The van der Waals surface area contributed by atoms with Crippen LogP contribution in [0.1, 0.15) is 25.0 Å². The summed E-state index contributed by atoms with van der Waals surface area (Å²) in [6.45, 7) is 3.83. The molecule has 0 saturated carbocycles. The molecule has 0 atom stereocenters. The van der Waals surface area contributed by atoms with E-state index in [1.165, 1.54) is 0 Å². The molecule has 25 heavy (non-hydrogen) atoms. The number of hydrogen-bond donors (Lipinski definition) is 1. The van der Waals surface area contributed by atoms with Gasteiger partial charge in [0.25, 0.3) is 5.91 Å². The van der Waals surface area contributed by atoms with Crippen molar-refractivity contribution in [3.63, 3.8) is 0 Å². The van der Waals surface area contributed by atoms with Crippen molar-refractivity contribution in [2.45, 2.75) is 20.0 Å². The molecule has 0 fully saturated rings. The summed E-state index contributed by atoms with van der Waals surface area (Å²) in [5.41, 5.74) is 2.78. The van der Waals surface area contributed by atoms with Crippen LogP contribution in [0.2, 0.25) is 10.0 Å². The van der Waals surface area contributed by atoms with Crippen LogP contribution < -0.4 is 14.8 Å². The molecule has 0 spiro atoms. The topological polar surface area (TPSA) is 47.6 Å². The van der Waals surface area contributed by atoms with E-state index in [1.54, 1.807) is 37.5 Å². The Hall–Kier alpha value is -2.17. The molecule has 0 aromatic heterocycles. The number of anilines is 1. The number of ether oxygens (including phenoxy) is 2. The number of hydrogen-bond acceptors (Lipinski definition) is 3. The predicted molar refractivity (Wildman–Crippen MR) is 102 cm³/mol. The third-order valence-electron chi connectivity index (χ3n) is 3.68. The van der Waals surface area contributed by atoms with Crippen molar-refractivity contribution < 1.29 is 14.3 Å². The van der Waals surface area contributed by atoms with Crippen LogP contribution in [0.3, 0.4) is 0 Å². The number of methoxy groups -OCH3 is 1. The van der Waals surface area contributed by atoms with E-state index in [0.29, 0.717) is 32.8 Å². The SMILES string of the molecule is COc1cc(/C=C2/C(=O)Nc3cc(Cl)ccc32)cc(Cl)c1OC(C)C. The molecule has 2 aromatic carbocycles. The Labute approximate surface area is 156 Å². The molecular weight excluding hydrogens is 361 g/mol. The van der Waals surface area contributed by atoms with Crippen molar-refractivity contribution in [2.24, 2.45) is 0 Å². The van der Waals surface area contributed by atoms with E-state index in [9.17, 15) is 4.79 Å². The molecule has 0 saturated heterocycles. The van der Waals surface area contributed by atoms with Crippen LogP contribution in [0.25, 0.3) is 11.6 Å². The van der Waals surface area contributed by atoms with Gasteiger partial charge in [0.15, 0.2) is 11.5 Å². The second-order valence-electron chi connectivity index (χ2n) is 5.90. The minimum absolute atomic E-state index is 0.0344. The summed E-state index contributed by atoms with van der Waals surface area (Å²) < 4.78 is 11.1. The molecule has 1 N–H and O–H groups in total. The first-order valence-corrected chi connectivity index (χ1v) is 8.52. The normalized spacial score (nSPS) is 14.6. The Kier molecular flexibility index (Phi) is 4.93. The van der Waals surface area contributed by atoms with Crippen LogP contribution in [0, 0.1) is 0 Å². The van der Waals surface area contributed by atoms with Gasteiger partial charge in [0, 0.05) is 16.2 Å². The Balaban J connectivity index is 2.05. The monoisotopic (exact) mass is 377 g/mol. The van der Waals surface area contributed by atoms with Crippen LogP contribution in [0.15, 0.2) is 30.3 Å². The maximum atomic E-state index is 12.3. The second kappa shape index (κ2) is 6.98. The van der Waals surface area contributed by atoms with Crippen LogP contribution in [0.5, 0.6) is 11.5 Å². The summed E-state index contributed by atoms with van der Waals surface area (Å²) in [5, 5.41) is 3.80. The summed E-state index contributed by atoms with van der Waals surface area (Å²) >= 11 is 12.3. The first-order valence-electron chi connectivity index (χ1n) is 7.76. The third kappa shape index (κ3) is 3.60. The zero-order valence-electron chi connectivity index (χ0n) is 14.0. The van der Waals surface area contributed by atoms with E-state index >= 15 is 0 Å². The molecule has 1 aliphatic rings. The molecule has 0 radical (unpaired) electrons. The summed E-state index contributed by atoms with van der Waals surface area (Å²) in [6.07, 6.45) is 1.73. The van der Waals surface area contributed by atoms with Crippen molar-refractivity contribution in [2.75, 3.05) is 12.4 Å². The van der Waals surface area contributed by atoms with E-state index in [4.69, 9.17) is 32.7 Å². The Morgan fingerprint density at radius 3 is 2.60 bits per heavy atom. The lowest BCUT2D eigenvalue weighted by Gasteiger charge is -2.15. The third-order valence-corrected chi connectivity index (χ3v) is 4.20. The van der Waals surface area contributed by atoms with Crippen molar-refractivity contribution in [3.8, 4) is 11.5 Å². The standard InChI is InChI=1S/C19H17Cl2NO3/c1-10(2)25-18-15(21)7-11(8-17(18)24-3)6-14-13-5-4-12(20)9-16(13)22-19(14)23/h4-10H,1-3H3,(H,22,23)/b14-6+. The van der Waals surface area contributed by atoms with E-state index < -0.39 is 0 Å². The summed E-state index contributed by atoms with van der Waals surface area (Å²) in [7, 11) is 1.55. The summed E-state index contributed by atoms with van der Waals surface area (Å²) in [5.74, 6) is 0.821. The lowest BCUT2D eigenvalue weighted by Crippen LogP contribution is -2.07. The first kappa shape index (κ1) is 17.6. The first-order chi connectivity index (χ1) is 11.9. The number of amides is 1. The van der Waals surface area contributed by atoms with Gasteiger partial charge in [-0.05, 0) is 49.8 Å². The van der Waals surface area contributed by atoms with Gasteiger partial charge in [-0.2, -0.15) is 0 Å². The Morgan fingerprint density at radius 1 is 1.16 bits per heavy atom. The van der Waals surface area contributed by atoms with Crippen molar-refractivity contribution >= 4 is 46.4 Å². The quantitative estimate of drug-likeness (QED) is 0.737. The molecule has 6 heteroatoms. The Bertz CT molecular complexity index is 875. The number of carbonyl (C=O) groups excluding carboxylic acids is 1. The second-order valence-corrected chi connectivity index (χ2v) is 6.75. The van der Waals surface area contributed by atoms with Crippen LogP contribution in [-0.4, -0.2) is 19.1 Å². The fourth-order valence-electron chi connectivity index (χ4n) is 2.65. The van der Waals surface area contributed by atoms with Gasteiger partial charge >= 0.3 is 0 Å². The molecule has 4 nitrogen and oxygen atoms in total. The maximum absolute atomic E-state index is 12.3. The van der Waals surface area contributed by atoms with Gasteiger partial charge in [0.2, 0.25) is 0 Å². The zero-order valence-corrected chi connectivity index (χ0v) is 15.5. The fourth-order valence-corrected chi connectivity index (χ4v) is 3.09. The highest BCUT2D eigenvalue weighted by Gasteiger charge is 2.24. The molecule has 0 unspecified atom stereocenters. The smallest absolute Gasteiger partial charge is 0.256 e. The predicted octanol–water partition coefficient (Wildman–Crippen LogP) is 5.28. The van der Waals surface area contributed by atoms with Crippen molar-refractivity contribution in [1.82, 2.24) is 0 Å². The summed E-state index contributed by atoms with van der Waals surface area (Å²) in [4.78, 5) is 12.3. The molecule has 3 rings (SSSR count). The number of halogens is 2. The Morgan fingerprint density at radius 2 is 1.92 bits per heavy atom. The number of fused-ring (bicyclic) bond motifs is 1. The largest absolute Gasteiger partial charge is 0.493 e. The highest BCUT2D eigenvalue weighted by atomic mass is 35.5. The number of rotatable bonds is 4. The van der Waals surface area contributed by atoms with Crippen molar-refractivity contribution in [3.05, 3.63) is 51.5 Å². The van der Waals surface area contributed by atoms with Gasteiger partial charge in [-0.15, -0.1) is 0 Å². The van der Waals surface area contributed by atoms with E-state index in [0.717, 1.165) is 11.1 Å². The fraction of sp³-hybridized carbons (Fsp3) is 0.211. The minimum atomic E-state index is -0.185. The number of carbonyl (C=O) groups is 1. The summed E-state index contributed by atoms with van der Waals surface area (Å²) in [6, 6.07) is 8.83. The van der Waals surface area contributed by atoms with Crippen LogP contribution in [-0.2, 0) is 4.79 Å². The van der Waals surface area contributed by atoms with Gasteiger partial charge in [0.1, 0.15) is 0 Å². The molecule has 1 aliphatic heterocycles. The van der Waals surface area contributed by atoms with Crippen LogP contribution >= 0.6 is 23.2 Å². The molecular formula is C19H17Cl2NO3. The molecule has 0 bridgehead atoms. The zero-order chi connectivity index (χ0) is 18.1. The lowest BCUT2D eigenvalue weighted by molar-refractivity contribution is -0.110. The van der Waals surface area contributed by atoms with Crippen molar-refractivity contribution in [1.29, 1.82) is 0 Å². The van der Waals surface area contributed by atoms with Gasteiger partial charge in [0.05, 0.1) is 23.9 Å². The highest BCUT2D eigenvalue weighted by Crippen LogP contribution is 2.39. The van der Waals surface area contributed by atoms with E-state index in [-0.39, 0.29) is 12.0 Å². The van der Waals surface area contributed by atoms with Gasteiger partial charge in [-0.3, -0.25) is 4.79 Å². The van der Waals surface area contributed by atoms with Gasteiger partial charge in [-0.25, -0.2) is 0 Å². The van der Waals surface area contributed by atoms with E-state index in [2.05, 4.69) is 5.32 Å². The average molecular weight is 378 g/mol. The number of nitrogens with one attached hydrogen (secondary N) is 1. The molecule has 0 aliphatic carbocycles. The lowest BCUT2D eigenvalue weighted by atomic mass is 10.0. The molecule has 1 amide bonds. The molecule has 1 heterocycles. The number of benzene rings is 2. The maximum Gasteiger partial charge on any atom is 0.256 e. The van der Waals surface area contributed by atoms with E-state index in [1.807, 2.05) is 19.9 Å².